The maximum absolute atomic E-state index is 6.32. The Bertz CT molecular complexity index is 559. The molecule has 1 atom stereocenters. The van der Waals surface area contributed by atoms with Gasteiger partial charge >= 0.3 is 0 Å². The summed E-state index contributed by atoms with van der Waals surface area (Å²) in [5, 5.41) is 8.60. The number of furan rings is 1. The van der Waals surface area contributed by atoms with E-state index in [0.717, 1.165) is 35.1 Å². The van der Waals surface area contributed by atoms with Gasteiger partial charge in [0, 0.05) is 25.1 Å². The van der Waals surface area contributed by atoms with Crippen molar-refractivity contribution in [2.45, 2.75) is 33.2 Å². The molecule has 104 valence electrons. The van der Waals surface area contributed by atoms with Gasteiger partial charge in [-0.1, -0.05) is 18.5 Å². The topological polar surface area (TPSA) is 43.0 Å². The fourth-order valence-electron chi connectivity index (χ4n) is 2.39. The zero-order chi connectivity index (χ0) is 14.0. The molecule has 0 fully saturated rings. The van der Waals surface area contributed by atoms with Crippen molar-refractivity contribution in [2.24, 2.45) is 7.05 Å². The lowest BCUT2D eigenvalue weighted by Gasteiger charge is -2.17. The van der Waals surface area contributed by atoms with Crippen LogP contribution in [0.4, 0.5) is 0 Å². The zero-order valence-electron chi connectivity index (χ0n) is 11.8. The predicted octanol–water partition coefficient (Wildman–Crippen LogP) is 3.18. The minimum atomic E-state index is 0.191. The van der Waals surface area contributed by atoms with Crippen LogP contribution in [0.25, 0.3) is 0 Å². The van der Waals surface area contributed by atoms with E-state index in [1.165, 1.54) is 5.56 Å². The molecule has 1 N–H and O–H groups in total. The Balaban J connectivity index is 2.29. The van der Waals surface area contributed by atoms with Crippen molar-refractivity contribution in [1.29, 1.82) is 0 Å². The highest BCUT2D eigenvalue weighted by Crippen LogP contribution is 2.27. The van der Waals surface area contributed by atoms with Gasteiger partial charge in [-0.05, 0) is 26.5 Å². The molecule has 2 heterocycles. The Hall–Kier alpha value is -1.26. The first-order valence-electron chi connectivity index (χ1n) is 6.50. The van der Waals surface area contributed by atoms with Crippen LogP contribution in [0.2, 0.25) is 5.02 Å². The van der Waals surface area contributed by atoms with Crippen LogP contribution in [0.3, 0.4) is 0 Å². The second kappa shape index (κ2) is 5.80. The molecule has 2 rings (SSSR count). The summed E-state index contributed by atoms with van der Waals surface area (Å²) in [6.45, 7) is 6.90. The van der Waals surface area contributed by atoms with Crippen molar-refractivity contribution >= 4 is 11.6 Å². The van der Waals surface area contributed by atoms with Gasteiger partial charge in [-0.2, -0.15) is 5.10 Å². The number of aryl methyl sites for hydroxylation is 3. The summed E-state index contributed by atoms with van der Waals surface area (Å²) in [5.74, 6) is 0.945. The molecule has 4 nitrogen and oxygen atoms in total. The molecule has 0 radical (unpaired) electrons. The van der Waals surface area contributed by atoms with E-state index in [1.54, 1.807) is 6.26 Å². The molecule has 0 aliphatic carbocycles. The Morgan fingerprint density at radius 3 is 2.68 bits per heavy atom. The molecule has 0 aliphatic heterocycles. The molecule has 2 aromatic heterocycles. The minimum Gasteiger partial charge on any atom is -0.469 e. The van der Waals surface area contributed by atoms with Crippen LogP contribution >= 0.6 is 11.6 Å². The Kier molecular flexibility index (Phi) is 4.32. The van der Waals surface area contributed by atoms with Crippen LogP contribution in [0, 0.1) is 13.8 Å². The monoisotopic (exact) mass is 281 g/mol. The van der Waals surface area contributed by atoms with Gasteiger partial charge in [-0.3, -0.25) is 4.68 Å². The predicted molar refractivity (Wildman–Crippen MR) is 76.5 cm³/mol. The first kappa shape index (κ1) is 14.2. The minimum absolute atomic E-state index is 0.191. The Labute approximate surface area is 118 Å². The van der Waals surface area contributed by atoms with Crippen LogP contribution < -0.4 is 5.32 Å². The lowest BCUT2D eigenvalue weighted by Crippen LogP contribution is -2.24. The standard InChI is InChI=1S/C14H20ClN3O/c1-5-16-12(11-6-7-19-10(11)3)8-13-14(15)9(2)17-18(13)4/h6-7,12,16H,5,8H2,1-4H3. The Morgan fingerprint density at radius 2 is 2.21 bits per heavy atom. The van der Waals surface area contributed by atoms with Gasteiger partial charge in [0.2, 0.25) is 0 Å². The van der Waals surface area contributed by atoms with Gasteiger partial charge in [0.15, 0.2) is 0 Å². The van der Waals surface area contributed by atoms with Crippen molar-refractivity contribution in [1.82, 2.24) is 15.1 Å². The molecule has 0 amide bonds. The number of halogens is 1. The average Bonchev–Trinajstić information content (AvgIpc) is 2.88. The molecular formula is C14H20ClN3O. The van der Waals surface area contributed by atoms with E-state index < -0.39 is 0 Å². The molecule has 0 aromatic carbocycles. The molecule has 0 saturated carbocycles. The number of nitrogens with one attached hydrogen (secondary N) is 1. The van der Waals surface area contributed by atoms with Crippen LogP contribution in [-0.4, -0.2) is 16.3 Å². The molecule has 19 heavy (non-hydrogen) atoms. The molecule has 1 unspecified atom stereocenters. The van der Waals surface area contributed by atoms with Crippen molar-refractivity contribution in [3.8, 4) is 0 Å². The van der Waals surface area contributed by atoms with E-state index in [0.29, 0.717) is 0 Å². The van der Waals surface area contributed by atoms with Gasteiger partial charge in [0.1, 0.15) is 5.76 Å². The van der Waals surface area contributed by atoms with Gasteiger partial charge in [0.25, 0.3) is 0 Å². The number of aromatic nitrogens is 2. The molecule has 0 aliphatic rings. The van der Waals surface area contributed by atoms with Crippen LogP contribution in [0.15, 0.2) is 16.7 Å². The molecule has 0 spiro atoms. The largest absolute Gasteiger partial charge is 0.469 e. The van der Waals surface area contributed by atoms with Crippen LogP contribution in [-0.2, 0) is 13.5 Å². The molecule has 0 saturated heterocycles. The van der Waals surface area contributed by atoms with E-state index >= 15 is 0 Å². The van der Waals surface area contributed by atoms with Crippen molar-refractivity contribution in [3.63, 3.8) is 0 Å². The molecular weight excluding hydrogens is 262 g/mol. The van der Waals surface area contributed by atoms with Crippen LogP contribution in [0.5, 0.6) is 0 Å². The maximum atomic E-state index is 6.32. The summed E-state index contributed by atoms with van der Waals surface area (Å²) in [6, 6.07) is 2.20. The third-order valence-electron chi connectivity index (χ3n) is 3.38. The highest BCUT2D eigenvalue weighted by molar-refractivity contribution is 6.31. The second-order valence-electron chi connectivity index (χ2n) is 4.72. The van der Waals surface area contributed by atoms with Crippen molar-refractivity contribution in [3.05, 3.63) is 40.1 Å². The van der Waals surface area contributed by atoms with E-state index in [-0.39, 0.29) is 6.04 Å². The summed E-state index contributed by atoms with van der Waals surface area (Å²) in [7, 11) is 1.93. The summed E-state index contributed by atoms with van der Waals surface area (Å²) in [6.07, 6.45) is 2.52. The maximum Gasteiger partial charge on any atom is 0.105 e. The second-order valence-corrected chi connectivity index (χ2v) is 5.09. The lowest BCUT2D eigenvalue weighted by atomic mass is 10.0. The zero-order valence-corrected chi connectivity index (χ0v) is 12.6. The molecule has 0 bridgehead atoms. The third kappa shape index (κ3) is 2.85. The van der Waals surface area contributed by atoms with Gasteiger partial charge in [-0.15, -0.1) is 0 Å². The van der Waals surface area contributed by atoms with Crippen LogP contribution in [0.1, 0.15) is 35.7 Å². The smallest absolute Gasteiger partial charge is 0.105 e. The van der Waals surface area contributed by atoms with Crippen molar-refractivity contribution < 1.29 is 4.42 Å². The fourth-order valence-corrected chi connectivity index (χ4v) is 2.63. The summed E-state index contributed by atoms with van der Waals surface area (Å²) >= 11 is 6.32. The SMILES string of the molecule is CCNC(Cc1c(Cl)c(C)nn1C)c1ccoc1C. The van der Waals surface area contributed by atoms with E-state index in [1.807, 2.05) is 31.6 Å². The van der Waals surface area contributed by atoms with E-state index in [4.69, 9.17) is 16.0 Å². The first-order valence-corrected chi connectivity index (χ1v) is 6.87. The summed E-state index contributed by atoms with van der Waals surface area (Å²) in [4.78, 5) is 0. The number of nitrogens with zero attached hydrogens (tertiary/aromatic N) is 2. The average molecular weight is 282 g/mol. The van der Waals surface area contributed by atoms with Gasteiger partial charge < -0.3 is 9.73 Å². The fraction of sp³-hybridized carbons (Fsp3) is 0.500. The highest BCUT2D eigenvalue weighted by atomic mass is 35.5. The highest BCUT2D eigenvalue weighted by Gasteiger charge is 2.20. The quantitative estimate of drug-likeness (QED) is 0.915. The van der Waals surface area contributed by atoms with E-state index in [9.17, 15) is 0 Å². The van der Waals surface area contributed by atoms with E-state index in [2.05, 4.69) is 17.3 Å². The van der Waals surface area contributed by atoms with Crippen molar-refractivity contribution in [2.75, 3.05) is 6.54 Å². The number of hydrogen-bond acceptors (Lipinski definition) is 3. The van der Waals surface area contributed by atoms with Gasteiger partial charge in [-0.25, -0.2) is 0 Å². The third-order valence-corrected chi connectivity index (χ3v) is 3.88. The summed E-state index contributed by atoms with van der Waals surface area (Å²) in [5.41, 5.74) is 3.10. The number of hydrogen-bond donors (Lipinski definition) is 1. The normalized spacial score (nSPS) is 12.9. The first-order chi connectivity index (χ1) is 9.04. The Morgan fingerprint density at radius 1 is 1.47 bits per heavy atom. The lowest BCUT2D eigenvalue weighted by molar-refractivity contribution is 0.494. The van der Waals surface area contributed by atoms with Gasteiger partial charge in [0.05, 0.1) is 22.7 Å². The molecule has 2 aromatic rings. The number of likely N-dealkylation sites (N-methyl/N-ethyl adjacent to an activating group) is 1. The number of rotatable bonds is 5. The molecule has 5 heteroatoms. The summed E-state index contributed by atoms with van der Waals surface area (Å²) < 4.78 is 7.26.